The second-order valence-electron chi connectivity index (χ2n) is 7.65. The summed E-state index contributed by atoms with van der Waals surface area (Å²) in [5, 5.41) is 0. The molecule has 0 nitrogen and oxygen atoms in total. The molecule has 0 amide bonds. The van der Waals surface area contributed by atoms with Crippen LogP contribution in [0.1, 0.15) is 54.4 Å². The fourth-order valence-corrected chi connectivity index (χ4v) is 5.52. The molecule has 116 valence electrons. The highest BCUT2D eigenvalue weighted by Crippen LogP contribution is 2.59. The van der Waals surface area contributed by atoms with E-state index in [1.165, 1.54) is 5.57 Å². The Morgan fingerprint density at radius 1 is 1.14 bits per heavy atom. The van der Waals surface area contributed by atoms with Crippen LogP contribution in [0.2, 0.25) is 0 Å². The average Bonchev–Trinajstić information content (AvgIpc) is 2.92. The summed E-state index contributed by atoms with van der Waals surface area (Å²) in [6.07, 6.45) is 16.3. The van der Waals surface area contributed by atoms with Crippen molar-refractivity contribution in [3.8, 4) is 0 Å². The van der Waals surface area contributed by atoms with Crippen LogP contribution in [-0.2, 0) is 0 Å². The fourth-order valence-electron chi connectivity index (χ4n) is 3.81. The summed E-state index contributed by atoms with van der Waals surface area (Å²) in [6, 6.07) is 0. The molecule has 2 aliphatic rings. The second kappa shape index (κ2) is 5.83. The normalized spacial score (nSPS) is 26.0. The van der Waals surface area contributed by atoms with E-state index < -0.39 is 0 Å². The van der Waals surface area contributed by atoms with Gasteiger partial charge in [-0.1, -0.05) is 78.0 Å². The molecule has 0 aromatic carbocycles. The minimum Gasteiger partial charge on any atom is -0.150 e. The Bertz CT molecular complexity index is 508. The highest BCUT2D eigenvalue weighted by atomic mass is 32.2. The van der Waals surface area contributed by atoms with Gasteiger partial charge >= 0.3 is 0 Å². The Morgan fingerprint density at radius 3 is 2.38 bits per heavy atom. The summed E-state index contributed by atoms with van der Waals surface area (Å²) < 4.78 is 0.162. The Hall–Kier alpha value is -0.690. The van der Waals surface area contributed by atoms with Gasteiger partial charge in [0.25, 0.3) is 0 Å². The van der Waals surface area contributed by atoms with Crippen molar-refractivity contribution in [1.29, 1.82) is 0 Å². The lowest BCUT2D eigenvalue weighted by Gasteiger charge is -2.53. The van der Waals surface area contributed by atoms with Gasteiger partial charge in [-0.3, -0.25) is 0 Å². The molecule has 0 aliphatic heterocycles. The largest absolute Gasteiger partial charge is 0.150 e. The third kappa shape index (κ3) is 2.82. The van der Waals surface area contributed by atoms with Gasteiger partial charge in [0.05, 0.1) is 4.75 Å². The molecule has 1 heteroatoms. The molecule has 1 atom stereocenters. The minimum atomic E-state index is 0.143. The lowest BCUT2D eigenvalue weighted by Crippen LogP contribution is -2.48. The van der Waals surface area contributed by atoms with Crippen molar-refractivity contribution in [2.75, 3.05) is 5.75 Å². The lowest BCUT2D eigenvalue weighted by atomic mass is 9.61. The van der Waals surface area contributed by atoms with Gasteiger partial charge in [-0.2, -0.15) is 0 Å². The van der Waals surface area contributed by atoms with E-state index in [4.69, 9.17) is 0 Å². The van der Waals surface area contributed by atoms with Crippen molar-refractivity contribution in [3.63, 3.8) is 0 Å². The summed E-state index contributed by atoms with van der Waals surface area (Å²) in [4.78, 5) is 0. The topological polar surface area (TPSA) is 0 Å². The first-order chi connectivity index (χ1) is 9.75. The van der Waals surface area contributed by atoms with Gasteiger partial charge in [-0.15, -0.1) is 11.8 Å². The zero-order valence-corrected chi connectivity index (χ0v) is 15.3. The molecule has 0 aromatic rings. The third-order valence-corrected chi connectivity index (χ3v) is 6.62. The highest BCUT2D eigenvalue weighted by Gasteiger charge is 2.51. The van der Waals surface area contributed by atoms with Gasteiger partial charge in [0.2, 0.25) is 0 Å². The van der Waals surface area contributed by atoms with Crippen LogP contribution in [0.25, 0.3) is 0 Å². The quantitative estimate of drug-likeness (QED) is 0.585. The molecule has 0 radical (unpaired) electrons. The van der Waals surface area contributed by atoms with Gasteiger partial charge < -0.3 is 0 Å². The molecule has 0 bridgehead atoms. The van der Waals surface area contributed by atoms with E-state index in [0.29, 0.717) is 0 Å². The maximum Gasteiger partial charge on any atom is 0.0501 e. The van der Waals surface area contributed by atoms with Crippen molar-refractivity contribution in [2.24, 2.45) is 10.8 Å². The predicted octanol–water partition coefficient (Wildman–Crippen LogP) is 6.32. The summed E-state index contributed by atoms with van der Waals surface area (Å²) >= 11 is 2.13. The smallest absolute Gasteiger partial charge is 0.0501 e. The maximum absolute atomic E-state index is 2.44. The molecule has 0 fully saturated rings. The molecular formula is C20H30S. The molecule has 1 unspecified atom stereocenters. The first kappa shape index (κ1) is 16.7. The molecule has 2 aliphatic carbocycles. The first-order valence-electron chi connectivity index (χ1n) is 8.14. The van der Waals surface area contributed by atoms with Crippen molar-refractivity contribution in [1.82, 2.24) is 0 Å². The van der Waals surface area contributed by atoms with Gasteiger partial charge in [0.15, 0.2) is 0 Å². The Kier molecular flexibility index (Phi) is 4.63. The van der Waals surface area contributed by atoms with E-state index in [0.717, 1.165) is 18.6 Å². The summed E-state index contributed by atoms with van der Waals surface area (Å²) in [7, 11) is 0. The van der Waals surface area contributed by atoms with Crippen molar-refractivity contribution in [3.05, 3.63) is 47.6 Å². The van der Waals surface area contributed by atoms with Crippen LogP contribution in [0.4, 0.5) is 0 Å². The highest BCUT2D eigenvalue weighted by molar-refractivity contribution is 8.00. The summed E-state index contributed by atoms with van der Waals surface area (Å²) in [5.74, 6) is 1.15. The maximum atomic E-state index is 2.44. The standard InChI is InChI=1S/C20H30S/c1-7-21-20(19(5,6)16-12-8-9-13-16)15-11-10-14-17(20)18(2,3)4/h8,10-14H,7,9,15H2,1-6H3. The minimum absolute atomic E-state index is 0.143. The van der Waals surface area contributed by atoms with E-state index in [2.05, 4.69) is 89.8 Å². The molecule has 0 spiro atoms. The average molecular weight is 303 g/mol. The lowest BCUT2D eigenvalue weighted by molar-refractivity contribution is 0.301. The van der Waals surface area contributed by atoms with Crippen LogP contribution in [0.3, 0.4) is 0 Å². The number of hydrogen-bond donors (Lipinski definition) is 0. The summed E-state index contributed by atoms with van der Waals surface area (Å²) in [6.45, 7) is 14.2. The van der Waals surface area contributed by atoms with Crippen LogP contribution < -0.4 is 0 Å². The molecule has 2 rings (SSSR count). The number of hydrogen-bond acceptors (Lipinski definition) is 1. The van der Waals surface area contributed by atoms with E-state index in [1.54, 1.807) is 5.57 Å². The van der Waals surface area contributed by atoms with Crippen molar-refractivity contribution >= 4 is 11.8 Å². The number of rotatable bonds is 4. The van der Waals surface area contributed by atoms with Crippen molar-refractivity contribution < 1.29 is 0 Å². The Morgan fingerprint density at radius 2 is 1.86 bits per heavy atom. The fraction of sp³-hybridized carbons (Fsp3) is 0.600. The van der Waals surface area contributed by atoms with Crippen molar-refractivity contribution in [2.45, 2.75) is 59.1 Å². The van der Waals surface area contributed by atoms with Gasteiger partial charge in [-0.25, -0.2) is 0 Å². The summed E-state index contributed by atoms with van der Waals surface area (Å²) in [5.41, 5.74) is 3.45. The van der Waals surface area contributed by atoms with E-state index in [9.17, 15) is 0 Å². The first-order valence-corrected chi connectivity index (χ1v) is 9.13. The molecule has 0 heterocycles. The Balaban J connectivity index is 2.57. The Labute approximate surface area is 135 Å². The van der Waals surface area contributed by atoms with Crippen LogP contribution >= 0.6 is 11.8 Å². The van der Waals surface area contributed by atoms with E-state index in [-0.39, 0.29) is 15.6 Å². The van der Waals surface area contributed by atoms with Gasteiger partial charge in [-0.05, 0) is 35.2 Å². The zero-order valence-electron chi connectivity index (χ0n) is 14.5. The third-order valence-electron chi connectivity index (χ3n) is 4.94. The molecule has 0 aromatic heterocycles. The molecular weight excluding hydrogens is 272 g/mol. The van der Waals surface area contributed by atoms with Crippen LogP contribution in [0, 0.1) is 10.8 Å². The van der Waals surface area contributed by atoms with Crippen LogP contribution in [0.15, 0.2) is 47.6 Å². The van der Waals surface area contributed by atoms with Gasteiger partial charge in [0, 0.05) is 5.41 Å². The molecule has 0 saturated carbocycles. The molecule has 0 N–H and O–H groups in total. The van der Waals surface area contributed by atoms with E-state index in [1.807, 2.05) is 0 Å². The zero-order chi connectivity index (χ0) is 15.7. The number of thioether (sulfide) groups is 1. The second-order valence-corrected chi connectivity index (χ2v) is 9.21. The monoisotopic (exact) mass is 302 g/mol. The SMILES string of the molecule is CCSC1(C(C)(C)C2=CCC=C2)CC=CC=C1C(C)(C)C. The predicted molar refractivity (Wildman–Crippen MR) is 97.8 cm³/mol. The molecule has 21 heavy (non-hydrogen) atoms. The molecule has 0 saturated heterocycles. The van der Waals surface area contributed by atoms with Gasteiger partial charge in [0.1, 0.15) is 0 Å². The van der Waals surface area contributed by atoms with Crippen LogP contribution in [0.5, 0.6) is 0 Å². The number of allylic oxidation sites excluding steroid dienone is 7. The van der Waals surface area contributed by atoms with Crippen LogP contribution in [-0.4, -0.2) is 10.5 Å². The van der Waals surface area contributed by atoms with E-state index >= 15 is 0 Å².